The van der Waals surface area contributed by atoms with Gasteiger partial charge in [0, 0.05) is 11.0 Å². The summed E-state index contributed by atoms with van der Waals surface area (Å²) in [6, 6.07) is 6.23. The van der Waals surface area contributed by atoms with Crippen LogP contribution in [0.2, 0.25) is 0 Å². The zero-order chi connectivity index (χ0) is 13.9. The molecule has 1 saturated heterocycles. The van der Waals surface area contributed by atoms with Crippen molar-refractivity contribution in [2.45, 2.75) is 46.5 Å². The van der Waals surface area contributed by atoms with Gasteiger partial charge in [-0.15, -0.1) is 0 Å². The lowest BCUT2D eigenvalue weighted by atomic mass is 9.70. The lowest BCUT2D eigenvalue weighted by Gasteiger charge is -2.36. The first-order valence-corrected chi connectivity index (χ1v) is 7.41. The predicted octanol–water partition coefficient (Wildman–Crippen LogP) is 3.66. The molecule has 2 rings (SSSR count). The molecule has 1 fully saturated rings. The molecule has 0 unspecified atom stereocenters. The minimum absolute atomic E-state index is 0.125. The van der Waals surface area contributed by atoms with Crippen molar-refractivity contribution >= 4 is 5.78 Å². The van der Waals surface area contributed by atoms with Gasteiger partial charge in [-0.2, -0.15) is 0 Å². The molecule has 1 aromatic carbocycles. The molecule has 1 N–H and O–H groups in total. The number of carbonyl (C=O) groups is 1. The second-order valence-electron chi connectivity index (χ2n) is 5.99. The number of Topliss-reactive ketones (excluding diaryl/α,β-unsaturated/α-hetero) is 1. The van der Waals surface area contributed by atoms with E-state index in [9.17, 15) is 4.79 Å². The maximum absolute atomic E-state index is 13.0. The molecule has 1 aromatic rings. The number of hydrogen-bond acceptors (Lipinski definition) is 2. The fourth-order valence-electron chi connectivity index (χ4n) is 3.39. The minimum atomic E-state index is -0.125. The first-order valence-electron chi connectivity index (χ1n) is 7.41. The first-order chi connectivity index (χ1) is 9.07. The quantitative estimate of drug-likeness (QED) is 0.836. The summed E-state index contributed by atoms with van der Waals surface area (Å²) in [5, 5.41) is 3.37. The summed E-state index contributed by atoms with van der Waals surface area (Å²) in [5.74, 6) is 0.364. The van der Waals surface area contributed by atoms with Crippen LogP contribution in [0.1, 0.15) is 54.1 Å². The Labute approximate surface area is 116 Å². The van der Waals surface area contributed by atoms with E-state index in [1.165, 1.54) is 11.1 Å². The van der Waals surface area contributed by atoms with Crippen molar-refractivity contribution in [1.82, 2.24) is 5.32 Å². The van der Waals surface area contributed by atoms with Gasteiger partial charge in [0.2, 0.25) is 0 Å². The molecule has 1 heterocycles. The molecule has 0 radical (unpaired) electrons. The normalized spacial score (nSPS) is 18.3. The molecule has 2 heteroatoms. The van der Waals surface area contributed by atoms with E-state index in [0.717, 1.165) is 44.3 Å². The van der Waals surface area contributed by atoms with Crippen LogP contribution in [0.4, 0.5) is 0 Å². The van der Waals surface area contributed by atoms with Gasteiger partial charge in [-0.3, -0.25) is 4.79 Å². The molecular weight excluding hydrogens is 234 g/mol. The number of rotatable bonds is 4. The largest absolute Gasteiger partial charge is 0.317 e. The number of hydrogen-bond donors (Lipinski definition) is 1. The van der Waals surface area contributed by atoms with E-state index in [2.05, 4.69) is 44.3 Å². The Morgan fingerprint density at radius 2 is 1.74 bits per heavy atom. The van der Waals surface area contributed by atoms with Crippen LogP contribution in [0.25, 0.3) is 0 Å². The lowest BCUT2D eigenvalue weighted by molar-refractivity contribution is 0.0704. The van der Waals surface area contributed by atoms with Crippen LogP contribution in [0.3, 0.4) is 0 Å². The lowest BCUT2D eigenvalue weighted by Crippen LogP contribution is -2.42. The summed E-state index contributed by atoms with van der Waals surface area (Å²) in [7, 11) is 0. The number of piperidine rings is 1. The number of ketones is 1. The molecule has 0 bridgehead atoms. The van der Waals surface area contributed by atoms with Crippen molar-refractivity contribution < 1.29 is 4.79 Å². The Hall–Kier alpha value is -1.15. The monoisotopic (exact) mass is 259 g/mol. The van der Waals surface area contributed by atoms with E-state index >= 15 is 0 Å². The summed E-state index contributed by atoms with van der Waals surface area (Å²) in [4.78, 5) is 13.0. The van der Waals surface area contributed by atoms with E-state index < -0.39 is 0 Å². The molecule has 1 aliphatic rings. The maximum atomic E-state index is 13.0. The topological polar surface area (TPSA) is 29.1 Å². The molecule has 0 aromatic heterocycles. The molecule has 19 heavy (non-hydrogen) atoms. The molecular formula is C17H25NO. The molecule has 2 nitrogen and oxygen atoms in total. The predicted molar refractivity (Wildman–Crippen MR) is 79.7 cm³/mol. The van der Waals surface area contributed by atoms with Gasteiger partial charge < -0.3 is 5.32 Å². The third kappa shape index (κ3) is 3.06. The average Bonchev–Trinajstić information content (AvgIpc) is 2.38. The second kappa shape index (κ2) is 5.87. The fraction of sp³-hybridized carbons (Fsp3) is 0.588. The minimum Gasteiger partial charge on any atom is -0.317 e. The number of carbonyl (C=O) groups excluding carboxylic acids is 1. The first kappa shape index (κ1) is 14.3. The number of benzene rings is 1. The van der Waals surface area contributed by atoms with Gasteiger partial charge >= 0.3 is 0 Å². The van der Waals surface area contributed by atoms with Crippen molar-refractivity contribution in [2.24, 2.45) is 5.41 Å². The zero-order valence-corrected chi connectivity index (χ0v) is 12.4. The Morgan fingerprint density at radius 3 is 2.26 bits per heavy atom. The highest BCUT2D eigenvalue weighted by Crippen LogP contribution is 2.37. The summed E-state index contributed by atoms with van der Waals surface area (Å²) < 4.78 is 0. The Kier molecular flexibility index (Phi) is 4.41. The van der Waals surface area contributed by atoms with Gasteiger partial charge in [0.15, 0.2) is 5.78 Å². The zero-order valence-electron chi connectivity index (χ0n) is 12.4. The van der Waals surface area contributed by atoms with E-state index in [-0.39, 0.29) is 5.41 Å². The van der Waals surface area contributed by atoms with Gasteiger partial charge in [0.05, 0.1) is 0 Å². The van der Waals surface area contributed by atoms with Crippen molar-refractivity contribution in [3.8, 4) is 0 Å². The van der Waals surface area contributed by atoms with Crippen LogP contribution in [0.5, 0.6) is 0 Å². The highest BCUT2D eigenvalue weighted by Gasteiger charge is 2.38. The highest BCUT2D eigenvalue weighted by atomic mass is 16.1. The SMILES string of the molecule is CCCC1(C(=O)c2cc(C)cc(C)c2)CCNCC1. The highest BCUT2D eigenvalue weighted by molar-refractivity contribution is 6.01. The summed E-state index contributed by atoms with van der Waals surface area (Å²) in [5.41, 5.74) is 3.15. The summed E-state index contributed by atoms with van der Waals surface area (Å²) in [6.07, 6.45) is 4.05. The molecule has 0 spiro atoms. The third-order valence-corrected chi connectivity index (χ3v) is 4.25. The number of aryl methyl sites for hydroxylation is 2. The Balaban J connectivity index is 2.33. The maximum Gasteiger partial charge on any atom is 0.169 e. The molecule has 1 aliphatic heterocycles. The summed E-state index contributed by atoms with van der Waals surface area (Å²) >= 11 is 0. The van der Waals surface area contributed by atoms with E-state index in [0.29, 0.717) is 5.78 Å². The standard InChI is InChI=1S/C17H25NO/c1-4-5-17(6-8-18-9-7-17)16(19)15-11-13(2)10-14(3)12-15/h10-12,18H,4-9H2,1-3H3. The fourth-order valence-corrected chi connectivity index (χ4v) is 3.39. The Bertz CT molecular complexity index is 433. The van der Waals surface area contributed by atoms with Gasteiger partial charge in [0.1, 0.15) is 0 Å². The molecule has 104 valence electrons. The van der Waals surface area contributed by atoms with Crippen molar-refractivity contribution in [1.29, 1.82) is 0 Å². The molecule has 0 saturated carbocycles. The van der Waals surface area contributed by atoms with Crippen LogP contribution in [0, 0.1) is 19.3 Å². The van der Waals surface area contributed by atoms with Gasteiger partial charge in [-0.1, -0.05) is 30.5 Å². The van der Waals surface area contributed by atoms with E-state index in [4.69, 9.17) is 0 Å². The van der Waals surface area contributed by atoms with Crippen molar-refractivity contribution in [3.63, 3.8) is 0 Å². The molecule has 0 aliphatic carbocycles. The van der Waals surface area contributed by atoms with E-state index in [1.54, 1.807) is 0 Å². The van der Waals surface area contributed by atoms with Crippen LogP contribution in [-0.2, 0) is 0 Å². The van der Waals surface area contributed by atoms with Crippen LogP contribution >= 0.6 is 0 Å². The van der Waals surface area contributed by atoms with Crippen LogP contribution < -0.4 is 5.32 Å². The van der Waals surface area contributed by atoms with E-state index in [1.807, 2.05) is 0 Å². The van der Waals surface area contributed by atoms with Gasteiger partial charge in [-0.05, 0) is 58.3 Å². The van der Waals surface area contributed by atoms with Gasteiger partial charge in [-0.25, -0.2) is 0 Å². The van der Waals surface area contributed by atoms with Crippen molar-refractivity contribution in [2.75, 3.05) is 13.1 Å². The van der Waals surface area contributed by atoms with Crippen LogP contribution in [0.15, 0.2) is 18.2 Å². The third-order valence-electron chi connectivity index (χ3n) is 4.25. The smallest absolute Gasteiger partial charge is 0.169 e. The summed E-state index contributed by atoms with van der Waals surface area (Å²) in [6.45, 7) is 8.25. The van der Waals surface area contributed by atoms with Gasteiger partial charge in [0.25, 0.3) is 0 Å². The molecule has 0 atom stereocenters. The van der Waals surface area contributed by atoms with Crippen LogP contribution in [-0.4, -0.2) is 18.9 Å². The second-order valence-corrected chi connectivity index (χ2v) is 5.99. The molecule has 0 amide bonds. The van der Waals surface area contributed by atoms with Crippen molar-refractivity contribution in [3.05, 3.63) is 34.9 Å². The average molecular weight is 259 g/mol. The number of nitrogens with one attached hydrogen (secondary N) is 1. The Morgan fingerprint density at radius 1 is 1.16 bits per heavy atom.